The first-order valence-electron chi connectivity index (χ1n) is 10.0. The Morgan fingerprint density at radius 1 is 1.29 bits per heavy atom. The Morgan fingerprint density at radius 3 is 3.00 bits per heavy atom. The Kier molecular flexibility index (Phi) is 5.37. The molecule has 0 radical (unpaired) electrons. The molecule has 3 heterocycles. The first-order valence-corrected chi connectivity index (χ1v) is 10.8. The minimum atomic E-state index is -0.289. The molecule has 1 aromatic carbocycles. The van der Waals surface area contributed by atoms with Gasteiger partial charge in [-0.25, -0.2) is 9.67 Å². The normalized spacial score (nSPS) is 13.5. The lowest BCUT2D eigenvalue weighted by Gasteiger charge is -2.12. The smallest absolute Gasteiger partial charge is 0.273 e. The fourth-order valence-electron chi connectivity index (χ4n) is 3.29. The number of rotatable bonds is 8. The van der Waals surface area contributed by atoms with Crippen LogP contribution < -0.4 is 10.1 Å². The Morgan fingerprint density at radius 2 is 2.19 bits per heavy atom. The Bertz CT molecular complexity index is 1220. The summed E-state index contributed by atoms with van der Waals surface area (Å²) in [4.78, 5) is 16.4. The van der Waals surface area contributed by atoms with Crippen LogP contribution in [0.2, 0.25) is 0 Å². The summed E-state index contributed by atoms with van der Waals surface area (Å²) < 4.78 is 13.5. The number of aromatic nitrogens is 5. The molecule has 3 aromatic heterocycles. The van der Waals surface area contributed by atoms with E-state index in [4.69, 9.17) is 9.26 Å². The van der Waals surface area contributed by atoms with Crippen LogP contribution in [0, 0.1) is 5.92 Å². The van der Waals surface area contributed by atoms with Crippen LogP contribution in [0.25, 0.3) is 11.0 Å². The molecule has 5 rings (SSSR count). The quantitative estimate of drug-likeness (QED) is 0.407. The number of pyridine rings is 1. The highest BCUT2D eigenvalue weighted by molar-refractivity contribution is 9.10. The van der Waals surface area contributed by atoms with Gasteiger partial charge in [-0.05, 0) is 59.3 Å². The van der Waals surface area contributed by atoms with Crippen LogP contribution in [0.3, 0.4) is 0 Å². The van der Waals surface area contributed by atoms with Crippen LogP contribution in [0.15, 0.2) is 51.8 Å². The average Bonchev–Trinajstić information content (AvgIpc) is 3.24. The third-order valence-electron chi connectivity index (χ3n) is 5.13. The first-order chi connectivity index (χ1) is 15.2. The summed E-state index contributed by atoms with van der Waals surface area (Å²) in [6.45, 7) is 1.30. The van der Waals surface area contributed by atoms with E-state index in [1.54, 1.807) is 6.20 Å². The van der Waals surface area contributed by atoms with Crippen molar-refractivity contribution in [2.75, 3.05) is 6.54 Å². The summed E-state index contributed by atoms with van der Waals surface area (Å²) in [5.74, 6) is 1.50. The number of fused-ring (bicyclic) bond motifs is 1. The molecule has 0 saturated heterocycles. The van der Waals surface area contributed by atoms with Crippen molar-refractivity contribution in [1.29, 1.82) is 0 Å². The van der Waals surface area contributed by atoms with E-state index in [0.717, 1.165) is 27.6 Å². The van der Waals surface area contributed by atoms with Gasteiger partial charge in [0.05, 0.1) is 9.99 Å². The molecule has 0 bridgehead atoms. The molecule has 0 aliphatic heterocycles. The minimum absolute atomic E-state index is 0.245. The number of carbonyl (C=O) groups excluding carboxylic acids is 1. The molecule has 4 aromatic rings. The molecule has 0 unspecified atom stereocenters. The van der Waals surface area contributed by atoms with Crippen molar-refractivity contribution in [3.8, 4) is 11.6 Å². The van der Waals surface area contributed by atoms with Crippen LogP contribution >= 0.6 is 15.9 Å². The van der Waals surface area contributed by atoms with Gasteiger partial charge in [-0.1, -0.05) is 16.4 Å². The standard InChI is InChI=1S/C21H19BrN6O3/c22-18-17(6-5-16-19(18)25-27-28(16)12-13-3-4-13)31-21-14(2-1-9-24-21)7-10-23-20(29)15-8-11-30-26-15/h1-2,5-6,8-9,11,13H,3-4,7,10,12H2,(H,23,29). The van der Waals surface area contributed by atoms with Gasteiger partial charge < -0.3 is 14.6 Å². The maximum Gasteiger partial charge on any atom is 0.273 e. The van der Waals surface area contributed by atoms with Crippen molar-refractivity contribution in [2.24, 2.45) is 5.92 Å². The number of nitrogens with one attached hydrogen (secondary N) is 1. The molecule has 9 nitrogen and oxygen atoms in total. The van der Waals surface area contributed by atoms with E-state index in [0.29, 0.717) is 30.5 Å². The molecule has 1 amide bonds. The first kappa shape index (κ1) is 19.7. The molecule has 158 valence electrons. The van der Waals surface area contributed by atoms with E-state index < -0.39 is 0 Å². The zero-order valence-electron chi connectivity index (χ0n) is 16.5. The molecule has 1 saturated carbocycles. The van der Waals surface area contributed by atoms with E-state index in [1.165, 1.54) is 25.2 Å². The maximum absolute atomic E-state index is 12.0. The number of amides is 1. The monoisotopic (exact) mass is 482 g/mol. The number of carbonyl (C=O) groups is 1. The largest absolute Gasteiger partial charge is 0.437 e. The molecule has 0 spiro atoms. The van der Waals surface area contributed by atoms with Gasteiger partial charge in [0.1, 0.15) is 17.5 Å². The van der Waals surface area contributed by atoms with E-state index in [-0.39, 0.29) is 11.6 Å². The van der Waals surface area contributed by atoms with Crippen molar-refractivity contribution in [3.63, 3.8) is 0 Å². The summed E-state index contributed by atoms with van der Waals surface area (Å²) in [6, 6.07) is 9.14. The summed E-state index contributed by atoms with van der Waals surface area (Å²) >= 11 is 3.61. The highest BCUT2D eigenvalue weighted by Gasteiger charge is 2.24. The van der Waals surface area contributed by atoms with Crippen molar-refractivity contribution < 1.29 is 14.1 Å². The van der Waals surface area contributed by atoms with Crippen LogP contribution in [0.1, 0.15) is 28.9 Å². The fourth-order valence-corrected chi connectivity index (χ4v) is 3.78. The Hall–Kier alpha value is -3.27. The lowest BCUT2D eigenvalue weighted by Crippen LogP contribution is -2.26. The highest BCUT2D eigenvalue weighted by atomic mass is 79.9. The van der Waals surface area contributed by atoms with Crippen LogP contribution in [0.4, 0.5) is 0 Å². The van der Waals surface area contributed by atoms with Crippen LogP contribution in [-0.2, 0) is 13.0 Å². The molecule has 1 N–H and O–H groups in total. The molecule has 1 fully saturated rings. The van der Waals surface area contributed by atoms with Gasteiger partial charge in [-0.2, -0.15) is 0 Å². The van der Waals surface area contributed by atoms with E-state index in [9.17, 15) is 4.79 Å². The van der Waals surface area contributed by atoms with Crippen molar-refractivity contribution in [1.82, 2.24) is 30.5 Å². The van der Waals surface area contributed by atoms with E-state index in [1.807, 2.05) is 28.9 Å². The fraction of sp³-hybridized carbons (Fsp3) is 0.286. The molecular weight excluding hydrogens is 464 g/mol. The molecule has 0 atom stereocenters. The minimum Gasteiger partial charge on any atom is -0.437 e. The number of ether oxygens (including phenoxy) is 1. The lowest BCUT2D eigenvalue weighted by molar-refractivity contribution is 0.0945. The van der Waals surface area contributed by atoms with Crippen molar-refractivity contribution >= 4 is 32.9 Å². The number of halogens is 1. The summed E-state index contributed by atoms with van der Waals surface area (Å²) in [5.41, 5.74) is 2.85. The summed E-state index contributed by atoms with van der Waals surface area (Å²) in [5, 5.41) is 15.1. The SMILES string of the molecule is O=C(NCCc1cccnc1Oc1ccc2c(nnn2CC2CC2)c1Br)c1ccon1. The van der Waals surface area contributed by atoms with Gasteiger partial charge in [0.25, 0.3) is 5.91 Å². The average molecular weight is 483 g/mol. The van der Waals surface area contributed by atoms with Gasteiger partial charge in [0, 0.05) is 30.9 Å². The van der Waals surface area contributed by atoms with E-state index in [2.05, 4.69) is 41.7 Å². The third kappa shape index (κ3) is 4.29. The van der Waals surface area contributed by atoms with Crippen molar-refractivity contribution in [2.45, 2.75) is 25.8 Å². The summed E-state index contributed by atoms with van der Waals surface area (Å²) in [6.07, 6.45) is 6.09. The van der Waals surface area contributed by atoms with Gasteiger partial charge in [-0.15, -0.1) is 5.10 Å². The van der Waals surface area contributed by atoms with Gasteiger partial charge in [-0.3, -0.25) is 4.79 Å². The topological polar surface area (TPSA) is 108 Å². The summed E-state index contributed by atoms with van der Waals surface area (Å²) in [7, 11) is 0. The molecule has 10 heteroatoms. The predicted octanol–water partition coefficient (Wildman–Crippen LogP) is 3.75. The lowest BCUT2D eigenvalue weighted by atomic mass is 10.2. The van der Waals surface area contributed by atoms with Crippen LogP contribution in [-0.4, -0.2) is 37.6 Å². The molecule has 31 heavy (non-hydrogen) atoms. The second-order valence-corrected chi connectivity index (χ2v) is 8.21. The molecule has 1 aliphatic carbocycles. The zero-order valence-corrected chi connectivity index (χ0v) is 18.1. The second-order valence-electron chi connectivity index (χ2n) is 7.42. The second kappa shape index (κ2) is 8.46. The number of hydrogen-bond donors (Lipinski definition) is 1. The molecule has 1 aliphatic rings. The maximum atomic E-state index is 12.0. The van der Waals surface area contributed by atoms with Crippen LogP contribution in [0.5, 0.6) is 11.6 Å². The third-order valence-corrected chi connectivity index (χ3v) is 5.89. The number of benzene rings is 1. The van der Waals surface area contributed by atoms with E-state index >= 15 is 0 Å². The molecular formula is C21H19BrN6O3. The Balaban J connectivity index is 1.30. The number of hydrogen-bond acceptors (Lipinski definition) is 7. The number of nitrogens with zero attached hydrogens (tertiary/aromatic N) is 5. The highest BCUT2D eigenvalue weighted by Crippen LogP contribution is 2.36. The zero-order chi connectivity index (χ0) is 21.2. The predicted molar refractivity (Wildman–Crippen MR) is 115 cm³/mol. The van der Waals surface area contributed by atoms with Gasteiger partial charge >= 0.3 is 0 Å². The van der Waals surface area contributed by atoms with Gasteiger partial charge in [0.2, 0.25) is 5.88 Å². The van der Waals surface area contributed by atoms with Gasteiger partial charge in [0.15, 0.2) is 5.69 Å². The Labute approximate surface area is 185 Å². The van der Waals surface area contributed by atoms with Crippen molar-refractivity contribution in [3.05, 3.63) is 58.5 Å².